The Balaban J connectivity index is 1.82. The minimum Gasteiger partial charge on any atom is -0.493 e. The van der Waals surface area contributed by atoms with Gasteiger partial charge in [-0.2, -0.15) is 0 Å². The third kappa shape index (κ3) is 3.19. The molecule has 0 spiro atoms. The molecule has 0 aromatic heterocycles. The topological polar surface area (TPSA) is 35.2 Å². The van der Waals surface area contributed by atoms with Gasteiger partial charge < -0.3 is 10.5 Å². The standard InChI is InChI=1S/C14H20FNO/c15-12-4-3-5-13(10-12)17-9-8-14(11-16)6-1-2-7-14/h3-5,10H,1-2,6-9,11,16H2. The molecule has 3 heteroatoms. The molecule has 0 unspecified atom stereocenters. The molecule has 17 heavy (non-hydrogen) atoms. The molecule has 94 valence electrons. The van der Waals surface area contributed by atoms with E-state index in [9.17, 15) is 4.39 Å². The highest BCUT2D eigenvalue weighted by Gasteiger charge is 2.31. The zero-order chi connectivity index (χ0) is 12.1. The summed E-state index contributed by atoms with van der Waals surface area (Å²) in [6, 6.07) is 6.29. The molecular weight excluding hydrogens is 217 g/mol. The average molecular weight is 237 g/mol. The van der Waals surface area contributed by atoms with E-state index in [2.05, 4.69) is 0 Å². The van der Waals surface area contributed by atoms with Gasteiger partial charge in [0.1, 0.15) is 11.6 Å². The molecule has 0 amide bonds. The predicted molar refractivity (Wildman–Crippen MR) is 66.5 cm³/mol. The summed E-state index contributed by atoms with van der Waals surface area (Å²) >= 11 is 0. The van der Waals surface area contributed by atoms with Crippen LogP contribution in [0.4, 0.5) is 4.39 Å². The van der Waals surface area contributed by atoms with E-state index in [0.717, 1.165) is 13.0 Å². The largest absolute Gasteiger partial charge is 0.493 e. The van der Waals surface area contributed by atoms with Crippen LogP contribution in [0.25, 0.3) is 0 Å². The van der Waals surface area contributed by atoms with E-state index in [1.807, 2.05) is 0 Å². The fraction of sp³-hybridized carbons (Fsp3) is 0.571. The Morgan fingerprint density at radius 1 is 1.29 bits per heavy atom. The molecule has 2 rings (SSSR count). The van der Waals surface area contributed by atoms with Crippen LogP contribution in [0, 0.1) is 11.2 Å². The van der Waals surface area contributed by atoms with Gasteiger partial charge in [0.05, 0.1) is 6.61 Å². The van der Waals surface area contributed by atoms with Crippen molar-refractivity contribution in [3.8, 4) is 5.75 Å². The Morgan fingerprint density at radius 3 is 2.71 bits per heavy atom. The van der Waals surface area contributed by atoms with Crippen LogP contribution in [0.1, 0.15) is 32.1 Å². The van der Waals surface area contributed by atoms with Gasteiger partial charge in [-0.3, -0.25) is 0 Å². The quantitative estimate of drug-likeness (QED) is 0.854. The SMILES string of the molecule is NCC1(CCOc2cccc(F)c2)CCCC1. The van der Waals surface area contributed by atoms with Crippen molar-refractivity contribution in [2.24, 2.45) is 11.1 Å². The summed E-state index contributed by atoms with van der Waals surface area (Å²) in [4.78, 5) is 0. The minimum absolute atomic E-state index is 0.253. The van der Waals surface area contributed by atoms with Crippen molar-refractivity contribution in [2.45, 2.75) is 32.1 Å². The lowest BCUT2D eigenvalue weighted by atomic mass is 9.83. The molecule has 1 aromatic rings. The molecule has 0 saturated heterocycles. The summed E-state index contributed by atoms with van der Waals surface area (Å²) in [5.41, 5.74) is 6.13. The van der Waals surface area contributed by atoms with Crippen LogP contribution in [0.15, 0.2) is 24.3 Å². The normalized spacial score (nSPS) is 18.2. The van der Waals surface area contributed by atoms with Gasteiger partial charge in [0.15, 0.2) is 0 Å². The Morgan fingerprint density at radius 2 is 2.06 bits per heavy atom. The molecule has 2 N–H and O–H groups in total. The van der Waals surface area contributed by atoms with Crippen LogP contribution in [0.3, 0.4) is 0 Å². The molecule has 0 heterocycles. The van der Waals surface area contributed by atoms with Crippen LogP contribution in [0.2, 0.25) is 0 Å². The Kier molecular flexibility index (Phi) is 4.00. The molecule has 1 aliphatic rings. The molecule has 0 bridgehead atoms. The van der Waals surface area contributed by atoms with Crippen LogP contribution >= 0.6 is 0 Å². The Labute approximate surface area is 102 Å². The van der Waals surface area contributed by atoms with Gasteiger partial charge in [0.25, 0.3) is 0 Å². The van der Waals surface area contributed by atoms with Crippen molar-refractivity contribution >= 4 is 0 Å². The van der Waals surface area contributed by atoms with Crippen molar-refractivity contribution in [3.05, 3.63) is 30.1 Å². The first-order valence-corrected chi connectivity index (χ1v) is 6.33. The highest BCUT2D eigenvalue weighted by Crippen LogP contribution is 2.40. The van der Waals surface area contributed by atoms with Crippen molar-refractivity contribution in [1.82, 2.24) is 0 Å². The van der Waals surface area contributed by atoms with Gasteiger partial charge in [-0.15, -0.1) is 0 Å². The summed E-state index contributed by atoms with van der Waals surface area (Å²) in [6.45, 7) is 1.36. The van der Waals surface area contributed by atoms with Gasteiger partial charge >= 0.3 is 0 Å². The number of ether oxygens (including phenoxy) is 1. The number of rotatable bonds is 5. The molecule has 1 aliphatic carbocycles. The van der Waals surface area contributed by atoms with Gasteiger partial charge in [-0.25, -0.2) is 4.39 Å². The number of benzene rings is 1. The van der Waals surface area contributed by atoms with Crippen molar-refractivity contribution in [1.29, 1.82) is 0 Å². The third-order valence-electron chi connectivity index (χ3n) is 3.79. The summed E-state index contributed by atoms with van der Waals surface area (Å²) in [5, 5.41) is 0. The number of hydrogen-bond acceptors (Lipinski definition) is 2. The van der Waals surface area contributed by atoms with Gasteiger partial charge in [0, 0.05) is 6.07 Å². The lowest BCUT2D eigenvalue weighted by Crippen LogP contribution is -2.29. The summed E-state index contributed by atoms with van der Waals surface area (Å²) in [6.07, 6.45) is 5.93. The zero-order valence-electron chi connectivity index (χ0n) is 10.1. The third-order valence-corrected chi connectivity index (χ3v) is 3.79. The maximum Gasteiger partial charge on any atom is 0.126 e. The van der Waals surface area contributed by atoms with Crippen LogP contribution in [-0.4, -0.2) is 13.2 Å². The van der Waals surface area contributed by atoms with Crippen molar-refractivity contribution in [2.75, 3.05) is 13.2 Å². The minimum atomic E-state index is -0.253. The second-order valence-corrected chi connectivity index (χ2v) is 4.97. The number of nitrogens with two attached hydrogens (primary N) is 1. The molecule has 0 radical (unpaired) electrons. The molecule has 1 aromatic carbocycles. The molecule has 1 fully saturated rings. The lowest BCUT2D eigenvalue weighted by molar-refractivity contribution is 0.204. The Hall–Kier alpha value is -1.09. The molecule has 0 aliphatic heterocycles. The molecule has 2 nitrogen and oxygen atoms in total. The summed E-state index contributed by atoms with van der Waals surface area (Å²) < 4.78 is 18.5. The first-order valence-electron chi connectivity index (χ1n) is 6.33. The van der Waals surface area contributed by atoms with Crippen molar-refractivity contribution < 1.29 is 9.13 Å². The molecule has 1 saturated carbocycles. The second-order valence-electron chi connectivity index (χ2n) is 4.97. The monoisotopic (exact) mass is 237 g/mol. The fourth-order valence-corrected chi connectivity index (χ4v) is 2.62. The summed E-state index contributed by atoms with van der Waals surface area (Å²) in [5.74, 6) is 0.354. The lowest BCUT2D eigenvalue weighted by Gasteiger charge is -2.26. The maximum absolute atomic E-state index is 12.9. The fourth-order valence-electron chi connectivity index (χ4n) is 2.62. The van der Waals surface area contributed by atoms with E-state index >= 15 is 0 Å². The second kappa shape index (κ2) is 5.50. The first kappa shape index (κ1) is 12.4. The average Bonchev–Trinajstić information content (AvgIpc) is 2.79. The molecular formula is C14H20FNO. The number of halogens is 1. The maximum atomic E-state index is 12.9. The van der Waals surface area contributed by atoms with Crippen LogP contribution in [-0.2, 0) is 0 Å². The zero-order valence-corrected chi connectivity index (χ0v) is 10.1. The van der Waals surface area contributed by atoms with E-state index in [1.54, 1.807) is 12.1 Å². The van der Waals surface area contributed by atoms with E-state index < -0.39 is 0 Å². The van der Waals surface area contributed by atoms with Gasteiger partial charge in [-0.05, 0) is 43.4 Å². The summed E-state index contributed by atoms with van der Waals surface area (Å²) in [7, 11) is 0. The van der Waals surface area contributed by atoms with Gasteiger partial charge in [-0.1, -0.05) is 18.9 Å². The van der Waals surface area contributed by atoms with E-state index in [-0.39, 0.29) is 11.2 Å². The number of hydrogen-bond donors (Lipinski definition) is 1. The van der Waals surface area contributed by atoms with Crippen LogP contribution < -0.4 is 10.5 Å². The smallest absolute Gasteiger partial charge is 0.126 e. The van der Waals surface area contributed by atoms with Crippen LogP contribution in [0.5, 0.6) is 5.75 Å². The van der Waals surface area contributed by atoms with E-state index in [4.69, 9.17) is 10.5 Å². The van der Waals surface area contributed by atoms with E-state index in [1.165, 1.54) is 37.8 Å². The first-order chi connectivity index (χ1) is 8.24. The molecule has 0 atom stereocenters. The highest BCUT2D eigenvalue weighted by atomic mass is 19.1. The van der Waals surface area contributed by atoms with Crippen molar-refractivity contribution in [3.63, 3.8) is 0 Å². The predicted octanol–water partition coefficient (Wildman–Crippen LogP) is 3.11. The highest BCUT2D eigenvalue weighted by molar-refractivity contribution is 5.22. The Bertz CT molecular complexity index is 361. The van der Waals surface area contributed by atoms with Gasteiger partial charge in [0.2, 0.25) is 0 Å². The van der Waals surface area contributed by atoms with E-state index in [0.29, 0.717) is 12.4 Å².